The molecule has 2 aromatic heterocycles. The number of rotatable bonds is 11. The van der Waals surface area contributed by atoms with Crippen LogP contribution >= 0.6 is 0 Å². The van der Waals surface area contributed by atoms with E-state index in [9.17, 15) is 18.0 Å². The fourth-order valence-electron chi connectivity index (χ4n) is 4.89. The highest BCUT2D eigenvalue weighted by Crippen LogP contribution is 2.31. The molecule has 0 aliphatic rings. The SMILES string of the molecule is CC(C)(C)c1cc2cn(-c3ccc(CNCCCN=C(N)N)cc3)c(=O)nc2[nH]1.CC(CN)Cc1cc(OC(F)(F)F)cc(C(C)(C)C)c1. The lowest BCUT2D eigenvalue weighted by molar-refractivity contribution is -0.274. The van der Waals surface area contributed by atoms with Gasteiger partial charge in [-0.3, -0.25) is 9.56 Å². The summed E-state index contributed by atoms with van der Waals surface area (Å²) < 4.78 is 42.8. The van der Waals surface area contributed by atoms with Gasteiger partial charge in [0, 0.05) is 35.8 Å². The van der Waals surface area contributed by atoms with Crippen molar-refractivity contribution in [2.45, 2.75) is 85.0 Å². The van der Waals surface area contributed by atoms with Crippen LogP contribution in [0.15, 0.2) is 64.5 Å². The zero-order valence-electron chi connectivity index (χ0n) is 29.5. The van der Waals surface area contributed by atoms with Crippen LogP contribution in [0, 0.1) is 5.92 Å². The number of guanidine groups is 1. The van der Waals surface area contributed by atoms with Crippen molar-refractivity contribution in [3.8, 4) is 11.4 Å². The number of nitrogens with one attached hydrogen (secondary N) is 2. The second-order valence-corrected chi connectivity index (χ2v) is 14.3. The summed E-state index contributed by atoms with van der Waals surface area (Å²) in [7, 11) is 0. The van der Waals surface area contributed by atoms with Crippen molar-refractivity contribution in [3.05, 3.63) is 87.6 Å². The molecule has 0 amide bonds. The Labute approximate surface area is 286 Å². The number of fused-ring (bicyclic) bond motifs is 1. The van der Waals surface area contributed by atoms with Crippen molar-refractivity contribution in [1.82, 2.24) is 19.9 Å². The van der Waals surface area contributed by atoms with Crippen LogP contribution in [0.4, 0.5) is 13.2 Å². The lowest BCUT2D eigenvalue weighted by atomic mass is 9.85. The van der Waals surface area contributed by atoms with E-state index in [2.05, 4.69) is 51.9 Å². The second kappa shape index (κ2) is 16.4. The van der Waals surface area contributed by atoms with Gasteiger partial charge in [0.05, 0.1) is 5.69 Å². The van der Waals surface area contributed by atoms with Gasteiger partial charge in [0.25, 0.3) is 0 Å². The number of aromatic nitrogens is 3. The molecule has 0 aliphatic carbocycles. The lowest BCUT2D eigenvalue weighted by Gasteiger charge is -2.22. The minimum Gasteiger partial charge on any atom is -0.406 e. The molecule has 1 atom stereocenters. The number of ether oxygens (including phenoxy) is 1. The van der Waals surface area contributed by atoms with Crippen molar-refractivity contribution >= 4 is 17.0 Å². The van der Waals surface area contributed by atoms with Crippen molar-refractivity contribution in [1.29, 1.82) is 0 Å². The number of benzene rings is 2. The molecule has 4 aromatic rings. The van der Waals surface area contributed by atoms with E-state index in [1.807, 2.05) is 64.2 Å². The largest absolute Gasteiger partial charge is 0.573 e. The molecule has 0 bridgehead atoms. The van der Waals surface area contributed by atoms with Gasteiger partial charge >= 0.3 is 12.1 Å². The predicted octanol–water partition coefficient (Wildman–Crippen LogP) is 5.78. The van der Waals surface area contributed by atoms with Gasteiger partial charge < -0.3 is 32.2 Å². The summed E-state index contributed by atoms with van der Waals surface area (Å²) in [4.78, 5) is 23.9. The maximum absolute atomic E-state index is 12.5. The first kappa shape index (κ1) is 39.1. The molecule has 10 nitrogen and oxygen atoms in total. The smallest absolute Gasteiger partial charge is 0.406 e. The molecular formula is C36H51F3N8O2. The van der Waals surface area contributed by atoms with E-state index in [0.29, 0.717) is 25.2 Å². The Balaban J connectivity index is 0.000000286. The van der Waals surface area contributed by atoms with Gasteiger partial charge in [-0.1, -0.05) is 66.7 Å². The Morgan fingerprint density at radius 1 is 1.00 bits per heavy atom. The van der Waals surface area contributed by atoms with Crippen molar-refractivity contribution in [3.63, 3.8) is 0 Å². The van der Waals surface area contributed by atoms with Crippen molar-refractivity contribution in [2.75, 3.05) is 19.6 Å². The van der Waals surface area contributed by atoms with Crippen LogP contribution in [0.5, 0.6) is 5.75 Å². The summed E-state index contributed by atoms with van der Waals surface area (Å²) in [5.41, 5.74) is 20.8. The molecule has 1 unspecified atom stereocenters. The van der Waals surface area contributed by atoms with E-state index < -0.39 is 6.36 Å². The molecule has 2 aromatic carbocycles. The second-order valence-electron chi connectivity index (χ2n) is 14.3. The van der Waals surface area contributed by atoms with Crippen LogP contribution in [0.25, 0.3) is 16.7 Å². The third kappa shape index (κ3) is 12.6. The summed E-state index contributed by atoms with van der Waals surface area (Å²) in [6.07, 6.45) is -1.33. The van der Waals surface area contributed by atoms with Crippen LogP contribution in [-0.4, -0.2) is 46.5 Å². The summed E-state index contributed by atoms with van der Waals surface area (Å²) >= 11 is 0. The molecular weight excluding hydrogens is 633 g/mol. The van der Waals surface area contributed by atoms with Crippen molar-refractivity contribution < 1.29 is 17.9 Å². The number of nitrogens with two attached hydrogens (primary N) is 3. The van der Waals surface area contributed by atoms with E-state index in [1.165, 1.54) is 12.1 Å². The normalized spacial score (nSPS) is 12.7. The molecule has 0 aliphatic heterocycles. The molecule has 0 fully saturated rings. The lowest BCUT2D eigenvalue weighted by Crippen LogP contribution is -2.23. The van der Waals surface area contributed by atoms with Gasteiger partial charge in [-0.15, -0.1) is 13.2 Å². The number of halogens is 3. The number of alkyl halides is 3. The van der Waals surface area contributed by atoms with Crippen LogP contribution in [0.3, 0.4) is 0 Å². The average Bonchev–Trinajstić information content (AvgIpc) is 3.41. The Hall–Kier alpha value is -4.36. The predicted molar refractivity (Wildman–Crippen MR) is 191 cm³/mol. The van der Waals surface area contributed by atoms with E-state index in [1.54, 1.807) is 4.57 Å². The highest BCUT2D eigenvalue weighted by atomic mass is 19.4. The summed E-state index contributed by atoms with van der Waals surface area (Å²) in [5, 5.41) is 4.27. The van der Waals surface area contributed by atoms with Gasteiger partial charge in [0.15, 0.2) is 5.96 Å². The third-order valence-corrected chi connectivity index (χ3v) is 7.72. The summed E-state index contributed by atoms with van der Waals surface area (Å²) in [5.74, 6) is 0.172. The average molecular weight is 685 g/mol. The van der Waals surface area contributed by atoms with Crippen LogP contribution in [0.1, 0.15) is 77.3 Å². The summed E-state index contributed by atoms with van der Waals surface area (Å²) in [6.45, 7) is 16.9. The van der Waals surface area contributed by atoms with Gasteiger partial charge in [-0.2, -0.15) is 4.98 Å². The van der Waals surface area contributed by atoms with Gasteiger partial charge in [-0.25, -0.2) is 4.79 Å². The van der Waals surface area contributed by atoms with E-state index in [0.717, 1.165) is 53.0 Å². The molecule has 13 heteroatoms. The highest BCUT2D eigenvalue weighted by molar-refractivity contribution is 5.76. The van der Waals surface area contributed by atoms with E-state index in [-0.39, 0.29) is 34.1 Å². The number of aromatic amines is 1. The Kier molecular flexibility index (Phi) is 13.0. The maximum atomic E-state index is 12.5. The minimum absolute atomic E-state index is 0.0352. The Bertz CT molecular complexity index is 1740. The molecule has 2 heterocycles. The van der Waals surface area contributed by atoms with Crippen LogP contribution in [-0.2, 0) is 23.8 Å². The Morgan fingerprint density at radius 2 is 1.67 bits per heavy atom. The zero-order chi connectivity index (χ0) is 36.6. The molecule has 4 rings (SSSR count). The first-order valence-corrected chi connectivity index (χ1v) is 16.3. The number of hydrogen-bond donors (Lipinski definition) is 5. The number of aliphatic imine (C=N–C) groups is 1. The number of hydrogen-bond acceptors (Lipinski definition) is 6. The molecule has 0 spiro atoms. The van der Waals surface area contributed by atoms with Crippen LogP contribution in [0.2, 0.25) is 0 Å². The molecule has 49 heavy (non-hydrogen) atoms. The third-order valence-electron chi connectivity index (χ3n) is 7.72. The van der Waals surface area contributed by atoms with E-state index >= 15 is 0 Å². The number of H-pyrrole nitrogens is 1. The topological polar surface area (TPSA) is 162 Å². The van der Waals surface area contributed by atoms with Gasteiger partial charge in [0.2, 0.25) is 0 Å². The molecule has 0 saturated carbocycles. The van der Waals surface area contributed by atoms with Crippen molar-refractivity contribution in [2.24, 2.45) is 28.1 Å². The first-order chi connectivity index (χ1) is 22.7. The molecule has 0 saturated heterocycles. The minimum atomic E-state index is -4.67. The summed E-state index contributed by atoms with van der Waals surface area (Å²) in [6, 6.07) is 14.7. The van der Waals surface area contributed by atoms with Crippen LogP contribution < -0.4 is 32.9 Å². The highest BCUT2D eigenvalue weighted by Gasteiger charge is 2.32. The first-order valence-electron chi connectivity index (χ1n) is 16.3. The van der Waals surface area contributed by atoms with Gasteiger partial charge in [0.1, 0.15) is 11.4 Å². The van der Waals surface area contributed by atoms with E-state index in [4.69, 9.17) is 17.2 Å². The number of nitrogens with zero attached hydrogens (tertiary/aromatic N) is 3. The molecule has 0 radical (unpaired) electrons. The monoisotopic (exact) mass is 684 g/mol. The fourth-order valence-corrected chi connectivity index (χ4v) is 4.89. The fraction of sp³-hybridized carbons (Fsp3) is 0.472. The quantitative estimate of drug-likeness (QED) is 0.0760. The maximum Gasteiger partial charge on any atom is 0.573 e. The Morgan fingerprint density at radius 3 is 2.24 bits per heavy atom. The zero-order valence-corrected chi connectivity index (χ0v) is 29.5. The molecule has 8 N–H and O–H groups in total. The van der Waals surface area contributed by atoms with Gasteiger partial charge in [-0.05, 0) is 84.3 Å². The standard InChI is InChI=1S/C21H29N7O.C15H22F3NO/c1-21(2,3)17-11-15-13-28(20(29)27-18(15)26-17)16-7-5-14(6-8-16)12-24-9-4-10-25-19(22)23;1-10(9-19)5-11-6-12(14(2,3)4)8-13(7-11)20-15(16,17)18/h5-8,11,13,24H,4,9-10,12H2,1-3H3,(H4,22,23,25)(H,26,27,29);6-8,10H,5,9,19H2,1-4H3. The molecule has 268 valence electrons.